The van der Waals surface area contributed by atoms with Gasteiger partial charge in [0.15, 0.2) is 0 Å². The fourth-order valence-corrected chi connectivity index (χ4v) is 8.24. The van der Waals surface area contributed by atoms with E-state index in [-0.39, 0.29) is 17.2 Å². The smallest absolute Gasteiger partial charge is 0.326 e. The van der Waals surface area contributed by atoms with Crippen molar-refractivity contribution in [3.8, 4) is 0 Å². The lowest BCUT2D eigenvalue weighted by Gasteiger charge is -2.11. The van der Waals surface area contributed by atoms with Crippen molar-refractivity contribution in [2.24, 2.45) is 13.0 Å². The molecule has 0 N–H and O–H groups in total. The lowest BCUT2D eigenvalue weighted by Crippen LogP contribution is -2.38. The average molecular weight is 544 g/mol. The summed E-state index contributed by atoms with van der Waals surface area (Å²) in [5.41, 5.74) is 1.69. The molecule has 0 radical (unpaired) electrons. The normalized spacial score (nSPS) is 11.9. The molecule has 0 aliphatic rings. The van der Waals surface area contributed by atoms with Gasteiger partial charge in [-0.25, -0.2) is 4.79 Å². The van der Waals surface area contributed by atoms with E-state index in [4.69, 9.17) is 11.6 Å². The maximum absolute atomic E-state index is 13.4. The van der Waals surface area contributed by atoms with Gasteiger partial charge in [0.25, 0.3) is 5.56 Å². The molecular weight excluding hydrogens is 518 g/mol. The Morgan fingerprint density at radius 1 is 1.09 bits per heavy atom. The average Bonchev–Trinajstić information content (AvgIpc) is 3.54. The molecule has 0 bridgehead atoms. The van der Waals surface area contributed by atoms with Crippen LogP contribution in [0.2, 0.25) is 5.15 Å². The number of hydrogen-bond acceptors (Lipinski definition) is 5. The van der Waals surface area contributed by atoms with Crippen molar-refractivity contribution >= 4 is 67.2 Å². The Morgan fingerprint density at radius 2 is 1.86 bits per heavy atom. The molecule has 0 fully saturated rings. The molecular formula is C26H26ClN3O2S3. The largest absolute Gasteiger partial charge is 0.331 e. The van der Waals surface area contributed by atoms with Gasteiger partial charge in [-0.1, -0.05) is 68.4 Å². The number of halogens is 1. The lowest BCUT2D eigenvalue weighted by atomic mass is 10.1. The van der Waals surface area contributed by atoms with Gasteiger partial charge in [-0.2, -0.15) is 0 Å². The van der Waals surface area contributed by atoms with E-state index in [0.29, 0.717) is 18.5 Å². The zero-order valence-corrected chi connectivity index (χ0v) is 23.2. The molecule has 35 heavy (non-hydrogen) atoms. The van der Waals surface area contributed by atoms with E-state index < -0.39 is 0 Å². The molecule has 5 nitrogen and oxygen atoms in total. The summed E-state index contributed by atoms with van der Waals surface area (Å²) in [5.74, 6) is 0.266. The number of benzene rings is 1. The molecule has 0 aliphatic heterocycles. The molecule has 0 spiro atoms. The second-order valence-corrected chi connectivity index (χ2v) is 12.6. The second-order valence-electron chi connectivity index (χ2n) is 8.95. The van der Waals surface area contributed by atoms with Crippen LogP contribution in [0, 0.1) is 5.92 Å². The molecule has 5 rings (SSSR count). The van der Waals surface area contributed by atoms with Crippen molar-refractivity contribution in [3.63, 3.8) is 0 Å². The topological polar surface area (TPSA) is 48.9 Å². The third-order valence-corrected chi connectivity index (χ3v) is 10.1. The maximum Gasteiger partial charge on any atom is 0.331 e. The molecule has 0 saturated carbocycles. The molecule has 182 valence electrons. The van der Waals surface area contributed by atoms with E-state index in [1.54, 1.807) is 34.7 Å². The number of rotatable bonds is 7. The van der Waals surface area contributed by atoms with Gasteiger partial charge in [0.1, 0.15) is 9.98 Å². The Hall–Kier alpha value is -2.26. The zero-order chi connectivity index (χ0) is 24.9. The highest BCUT2D eigenvalue weighted by Gasteiger charge is 2.24. The number of thiophene rings is 2. The minimum absolute atomic E-state index is 0.246. The van der Waals surface area contributed by atoms with Crippen LogP contribution < -0.4 is 11.2 Å². The molecule has 4 heterocycles. The summed E-state index contributed by atoms with van der Waals surface area (Å²) in [6.45, 7) is 7.36. The fourth-order valence-electron chi connectivity index (χ4n) is 4.49. The summed E-state index contributed by atoms with van der Waals surface area (Å²) in [5, 5.41) is 4.54. The first-order chi connectivity index (χ1) is 16.8. The molecule has 5 aromatic rings. The van der Waals surface area contributed by atoms with Crippen LogP contribution in [0.3, 0.4) is 0 Å². The molecule has 0 saturated heterocycles. The Kier molecular flexibility index (Phi) is 6.74. The van der Waals surface area contributed by atoms with Crippen molar-refractivity contribution in [1.82, 2.24) is 13.7 Å². The Labute approximate surface area is 220 Å². The number of fused-ring (bicyclic) bond motifs is 2. The van der Waals surface area contributed by atoms with Crippen LogP contribution in [0.15, 0.2) is 60.5 Å². The molecule has 4 aromatic heterocycles. The van der Waals surface area contributed by atoms with Gasteiger partial charge in [0.05, 0.1) is 16.1 Å². The van der Waals surface area contributed by atoms with E-state index >= 15 is 0 Å². The van der Waals surface area contributed by atoms with Crippen molar-refractivity contribution in [1.29, 1.82) is 0 Å². The molecule has 0 amide bonds. The van der Waals surface area contributed by atoms with Crippen LogP contribution in [0.1, 0.15) is 31.2 Å². The highest BCUT2D eigenvalue weighted by Crippen LogP contribution is 2.43. The van der Waals surface area contributed by atoms with Gasteiger partial charge in [-0.3, -0.25) is 13.9 Å². The monoisotopic (exact) mass is 543 g/mol. The van der Waals surface area contributed by atoms with Crippen molar-refractivity contribution in [3.05, 3.63) is 78.2 Å². The third kappa shape index (κ3) is 4.20. The van der Waals surface area contributed by atoms with Gasteiger partial charge < -0.3 is 4.57 Å². The number of aryl methyl sites for hydroxylation is 1. The van der Waals surface area contributed by atoms with E-state index in [1.807, 2.05) is 23.6 Å². The Bertz CT molecular complexity index is 1660. The molecule has 0 unspecified atom stereocenters. The summed E-state index contributed by atoms with van der Waals surface area (Å²) >= 11 is 11.7. The van der Waals surface area contributed by atoms with Crippen LogP contribution >= 0.6 is 46.0 Å². The van der Waals surface area contributed by atoms with E-state index in [1.165, 1.54) is 15.9 Å². The first-order valence-electron chi connectivity index (χ1n) is 11.5. The van der Waals surface area contributed by atoms with E-state index in [2.05, 4.69) is 43.5 Å². The molecule has 9 heteroatoms. The van der Waals surface area contributed by atoms with Gasteiger partial charge in [0.2, 0.25) is 0 Å². The quantitative estimate of drug-likeness (QED) is 0.225. The highest BCUT2D eigenvalue weighted by molar-refractivity contribution is 8.01. The standard InChI is InChI=1S/C26H26ClN3O2S3/c1-5-16-17-9-6-7-10-18(17)29(23(16)27)14-19-22(35-20-11-8-12-33-20)21-24(31)28(4)26(32)30(13-15(2)3)25(21)34-19/h6-12,15H,5,13-14H2,1-4H3. The SMILES string of the molecule is CCc1c(Cl)n(Cc2sc3c(c2Sc2cccs2)c(=O)n(C)c(=O)n3CC(C)C)c2ccccc12. The Balaban J connectivity index is 1.79. The maximum atomic E-state index is 13.4. The minimum atomic E-state index is -0.269. The van der Waals surface area contributed by atoms with E-state index in [0.717, 1.165) is 46.9 Å². The lowest BCUT2D eigenvalue weighted by molar-refractivity contribution is 0.504. The van der Waals surface area contributed by atoms with Crippen LogP contribution in [0.25, 0.3) is 21.1 Å². The van der Waals surface area contributed by atoms with Gasteiger partial charge in [-0.15, -0.1) is 22.7 Å². The summed E-state index contributed by atoms with van der Waals surface area (Å²) in [4.78, 5) is 29.2. The number of aromatic nitrogens is 3. The fraction of sp³-hybridized carbons (Fsp3) is 0.308. The molecule has 1 aromatic carbocycles. The highest BCUT2D eigenvalue weighted by atomic mass is 35.5. The Morgan fingerprint density at radius 3 is 2.54 bits per heavy atom. The summed E-state index contributed by atoms with van der Waals surface area (Å²) < 4.78 is 6.24. The first-order valence-corrected chi connectivity index (χ1v) is 14.4. The van der Waals surface area contributed by atoms with Gasteiger partial charge in [-0.05, 0) is 35.4 Å². The summed E-state index contributed by atoms with van der Waals surface area (Å²) in [6.07, 6.45) is 0.837. The number of para-hydroxylation sites is 1. The van der Waals surface area contributed by atoms with Crippen molar-refractivity contribution in [2.45, 2.75) is 49.4 Å². The van der Waals surface area contributed by atoms with Crippen LogP contribution in [-0.4, -0.2) is 13.7 Å². The summed E-state index contributed by atoms with van der Waals surface area (Å²) in [6, 6.07) is 12.3. The second kappa shape index (κ2) is 9.65. The minimum Gasteiger partial charge on any atom is -0.326 e. The van der Waals surface area contributed by atoms with E-state index in [9.17, 15) is 9.59 Å². The zero-order valence-electron chi connectivity index (χ0n) is 20.0. The number of nitrogens with zero attached hydrogens (tertiary/aromatic N) is 3. The predicted molar refractivity (Wildman–Crippen MR) is 150 cm³/mol. The third-order valence-electron chi connectivity index (χ3n) is 6.10. The van der Waals surface area contributed by atoms with Crippen molar-refractivity contribution < 1.29 is 0 Å². The first kappa shape index (κ1) is 24.4. The van der Waals surface area contributed by atoms with Crippen LogP contribution in [0.5, 0.6) is 0 Å². The molecule has 0 aliphatic carbocycles. The molecule has 0 atom stereocenters. The number of hydrogen-bond donors (Lipinski definition) is 0. The van der Waals surface area contributed by atoms with Gasteiger partial charge >= 0.3 is 5.69 Å². The van der Waals surface area contributed by atoms with Crippen LogP contribution in [-0.2, 0) is 26.6 Å². The van der Waals surface area contributed by atoms with Crippen molar-refractivity contribution in [2.75, 3.05) is 0 Å². The predicted octanol–water partition coefficient (Wildman–Crippen LogP) is 6.85. The van der Waals surface area contributed by atoms with Gasteiger partial charge in [0, 0.05) is 34.3 Å². The summed E-state index contributed by atoms with van der Waals surface area (Å²) in [7, 11) is 1.57. The van der Waals surface area contributed by atoms with Crippen LogP contribution in [0.4, 0.5) is 0 Å².